The molecule has 0 radical (unpaired) electrons. The summed E-state index contributed by atoms with van der Waals surface area (Å²) in [4.78, 5) is 27.9. The van der Waals surface area contributed by atoms with E-state index >= 15 is 0 Å². The predicted molar refractivity (Wildman–Crippen MR) is 148 cm³/mol. The standard InChI is InChI=1S/C32H34O10/c33-14-16-5-3-6-17(11-16)32(9-1-2-10-32)18-12-20-24(21(35)13-18)28(38)25-19(26(20)36)7-4-8-22(25)41-31-30(40)29(39)27(37)23(15-34)42-31/h3-8,11-13,20,23-24,27,29-31,33-35,37,39-40H,1-2,9-10,14-15H2. The molecule has 2 aromatic rings. The number of carbonyl (C=O) groups is 2. The Bertz CT molecular complexity index is 1450. The smallest absolute Gasteiger partial charge is 0.229 e. The number of ketones is 2. The first kappa shape index (κ1) is 28.7. The molecule has 7 atom stereocenters. The van der Waals surface area contributed by atoms with Crippen molar-refractivity contribution in [3.05, 3.63) is 88.2 Å². The molecular weight excluding hydrogens is 544 g/mol. The van der Waals surface area contributed by atoms with Gasteiger partial charge in [-0.05, 0) is 41.7 Å². The van der Waals surface area contributed by atoms with Gasteiger partial charge in [-0.2, -0.15) is 0 Å². The first-order valence-corrected chi connectivity index (χ1v) is 14.2. The number of fused-ring (bicyclic) bond motifs is 2. The minimum absolute atomic E-state index is 0.0799. The Kier molecular flexibility index (Phi) is 7.55. The van der Waals surface area contributed by atoms with Crippen molar-refractivity contribution in [1.29, 1.82) is 0 Å². The average Bonchev–Trinajstić information content (AvgIpc) is 3.51. The normalized spacial score (nSPS) is 32.1. The van der Waals surface area contributed by atoms with Crippen molar-refractivity contribution < 1.29 is 49.7 Å². The topological polar surface area (TPSA) is 174 Å². The molecule has 6 rings (SSSR count). The van der Waals surface area contributed by atoms with Crippen molar-refractivity contribution in [1.82, 2.24) is 0 Å². The molecule has 0 aromatic heterocycles. The second-order valence-electron chi connectivity index (χ2n) is 11.6. The molecule has 1 saturated heterocycles. The number of rotatable bonds is 6. The van der Waals surface area contributed by atoms with E-state index in [2.05, 4.69) is 0 Å². The molecule has 10 nitrogen and oxygen atoms in total. The molecule has 4 aliphatic rings. The monoisotopic (exact) mass is 578 g/mol. The summed E-state index contributed by atoms with van der Waals surface area (Å²) >= 11 is 0. The summed E-state index contributed by atoms with van der Waals surface area (Å²) < 4.78 is 11.2. The SMILES string of the molecule is O=C1c2cccc(OC3OC(CO)C(O)C(O)C3O)c2C(=O)C2C(O)=CC(C3(c4cccc(CO)c4)CCCC3)=CC12. The molecule has 6 N–H and O–H groups in total. The highest BCUT2D eigenvalue weighted by molar-refractivity contribution is 6.19. The number of carbonyl (C=O) groups excluding carboxylic acids is 2. The summed E-state index contributed by atoms with van der Waals surface area (Å²) in [5.41, 5.74) is 2.07. The number of aliphatic hydroxyl groups is 6. The minimum Gasteiger partial charge on any atom is -0.511 e. The Labute approximate surface area is 242 Å². The Hall–Kier alpha value is -3.38. The van der Waals surface area contributed by atoms with Crippen molar-refractivity contribution in [3.8, 4) is 5.75 Å². The summed E-state index contributed by atoms with van der Waals surface area (Å²) in [5, 5.41) is 61.3. The highest BCUT2D eigenvalue weighted by Crippen LogP contribution is 2.51. The van der Waals surface area contributed by atoms with Crippen molar-refractivity contribution in [3.63, 3.8) is 0 Å². The third-order valence-corrected chi connectivity index (χ3v) is 9.23. The fraction of sp³-hybridized carbons (Fsp3) is 0.438. The molecule has 42 heavy (non-hydrogen) atoms. The molecule has 7 unspecified atom stereocenters. The maximum absolute atomic E-state index is 13.9. The van der Waals surface area contributed by atoms with Crippen molar-refractivity contribution >= 4 is 11.6 Å². The number of benzene rings is 2. The Balaban J connectivity index is 1.37. The zero-order chi connectivity index (χ0) is 29.8. The van der Waals surface area contributed by atoms with E-state index in [0.717, 1.165) is 42.4 Å². The number of hydrogen-bond donors (Lipinski definition) is 6. The minimum atomic E-state index is -1.71. The maximum atomic E-state index is 13.9. The van der Waals surface area contributed by atoms with Crippen molar-refractivity contribution in [2.75, 3.05) is 6.61 Å². The summed E-state index contributed by atoms with van der Waals surface area (Å²) in [7, 11) is 0. The highest BCUT2D eigenvalue weighted by Gasteiger charge is 2.50. The van der Waals surface area contributed by atoms with Crippen LogP contribution in [0.2, 0.25) is 0 Å². The van der Waals surface area contributed by atoms with Crippen LogP contribution >= 0.6 is 0 Å². The lowest BCUT2D eigenvalue weighted by Gasteiger charge is -2.40. The van der Waals surface area contributed by atoms with Crippen molar-refractivity contribution in [2.24, 2.45) is 11.8 Å². The third kappa shape index (κ3) is 4.50. The number of Topliss-reactive ketones (excluding diaryl/α,β-unsaturated/α-hetero) is 2. The van der Waals surface area contributed by atoms with E-state index in [4.69, 9.17) is 9.47 Å². The first-order chi connectivity index (χ1) is 20.2. The lowest BCUT2D eigenvalue weighted by Crippen LogP contribution is -2.60. The number of aliphatic hydroxyl groups excluding tert-OH is 6. The second kappa shape index (κ2) is 11.0. The van der Waals surface area contributed by atoms with Gasteiger partial charge in [-0.15, -0.1) is 0 Å². The fourth-order valence-corrected chi connectivity index (χ4v) is 7.00. The van der Waals surface area contributed by atoms with Crippen LogP contribution < -0.4 is 4.74 Å². The van der Waals surface area contributed by atoms with Crippen LogP contribution in [0.4, 0.5) is 0 Å². The van der Waals surface area contributed by atoms with E-state index in [9.17, 15) is 40.2 Å². The summed E-state index contributed by atoms with van der Waals surface area (Å²) in [5.74, 6) is -3.34. The van der Waals surface area contributed by atoms with Gasteiger partial charge in [-0.3, -0.25) is 9.59 Å². The molecule has 3 aliphatic carbocycles. The predicted octanol–water partition coefficient (Wildman–Crippen LogP) is 1.86. The molecule has 10 heteroatoms. The van der Waals surface area contributed by atoms with E-state index in [0.29, 0.717) is 0 Å². The average molecular weight is 579 g/mol. The zero-order valence-corrected chi connectivity index (χ0v) is 22.8. The van der Waals surface area contributed by atoms with Gasteiger partial charge in [0.15, 0.2) is 11.6 Å². The summed E-state index contributed by atoms with van der Waals surface area (Å²) in [6, 6.07) is 12.1. The fourth-order valence-electron chi connectivity index (χ4n) is 7.00. The molecule has 0 amide bonds. The first-order valence-electron chi connectivity index (χ1n) is 14.2. The van der Waals surface area contributed by atoms with E-state index in [1.165, 1.54) is 18.2 Å². The van der Waals surface area contributed by atoms with E-state index < -0.39 is 60.3 Å². The molecule has 0 spiro atoms. The number of hydrogen-bond acceptors (Lipinski definition) is 10. The molecule has 222 valence electrons. The van der Waals surface area contributed by atoms with Gasteiger partial charge in [0.2, 0.25) is 6.29 Å². The lowest BCUT2D eigenvalue weighted by atomic mass is 9.64. The highest BCUT2D eigenvalue weighted by atomic mass is 16.7. The third-order valence-electron chi connectivity index (χ3n) is 9.23. The second-order valence-corrected chi connectivity index (χ2v) is 11.6. The van der Waals surface area contributed by atoms with Gasteiger partial charge in [0, 0.05) is 11.0 Å². The number of ether oxygens (including phenoxy) is 2. The van der Waals surface area contributed by atoms with Gasteiger partial charge in [0.05, 0.1) is 30.6 Å². The molecule has 1 heterocycles. The summed E-state index contributed by atoms with van der Waals surface area (Å²) in [6.45, 7) is -0.760. The Morgan fingerprint density at radius 2 is 1.67 bits per heavy atom. The van der Waals surface area contributed by atoms with Gasteiger partial charge in [-0.25, -0.2) is 0 Å². The molecular formula is C32H34O10. The van der Waals surface area contributed by atoms with Crippen molar-refractivity contribution in [2.45, 2.75) is 68.4 Å². The molecule has 2 aromatic carbocycles. The molecule has 0 bridgehead atoms. The Morgan fingerprint density at radius 1 is 0.929 bits per heavy atom. The van der Waals surface area contributed by atoms with Crippen LogP contribution in [-0.2, 0) is 16.8 Å². The van der Waals surface area contributed by atoms with E-state index in [1.807, 2.05) is 24.3 Å². The van der Waals surface area contributed by atoms with Gasteiger partial charge in [-0.1, -0.05) is 55.3 Å². The van der Waals surface area contributed by atoms with Crippen LogP contribution in [0.1, 0.15) is 57.5 Å². The van der Waals surface area contributed by atoms with Crippen LogP contribution in [0.5, 0.6) is 5.75 Å². The van der Waals surface area contributed by atoms with Gasteiger partial charge in [0.1, 0.15) is 35.9 Å². The largest absolute Gasteiger partial charge is 0.511 e. The number of allylic oxidation sites excluding steroid dienone is 4. The van der Waals surface area contributed by atoms with Crippen LogP contribution in [-0.4, -0.2) is 79.5 Å². The quantitative estimate of drug-likeness (QED) is 0.297. The molecule has 1 saturated carbocycles. The lowest BCUT2D eigenvalue weighted by molar-refractivity contribution is -0.277. The zero-order valence-electron chi connectivity index (χ0n) is 22.8. The van der Waals surface area contributed by atoms with Crippen LogP contribution in [0.3, 0.4) is 0 Å². The molecule has 1 aliphatic heterocycles. The Morgan fingerprint density at radius 3 is 2.38 bits per heavy atom. The molecule has 2 fully saturated rings. The van der Waals surface area contributed by atoms with Gasteiger partial charge < -0.3 is 40.1 Å². The van der Waals surface area contributed by atoms with Crippen LogP contribution in [0, 0.1) is 11.8 Å². The van der Waals surface area contributed by atoms with Gasteiger partial charge in [0.25, 0.3) is 0 Å². The van der Waals surface area contributed by atoms with Gasteiger partial charge >= 0.3 is 0 Å². The van der Waals surface area contributed by atoms with E-state index in [-0.39, 0.29) is 35.0 Å². The maximum Gasteiger partial charge on any atom is 0.229 e. The van der Waals surface area contributed by atoms with E-state index in [1.54, 1.807) is 12.2 Å². The summed E-state index contributed by atoms with van der Waals surface area (Å²) in [6.07, 6.45) is -0.844. The van der Waals surface area contributed by atoms with Crippen LogP contribution in [0.15, 0.2) is 65.9 Å². The van der Waals surface area contributed by atoms with Crippen LogP contribution in [0.25, 0.3) is 0 Å².